The van der Waals surface area contributed by atoms with Crippen molar-refractivity contribution in [2.45, 2.75) is 19.8 Å². The van der Waals surface area contributed by atoms with E-state index in [-0.39, 0.29) is 23.3 Å². The van der Waals surface area contributed by atoms with Crippen LogP contribution in [0.1, 0.15) is 35.7 Å². The largest absolute Gasteiger partial charge is 0.503 e. The second-order valence-electron chi connectivity index (χ2n) is 5.63. The zero-order valence-corrected chi connectivity index (χ0v) is 16.5. The molecule has 0 saturated heterocycles. The standard InChI is InChI=1S/C19H20BrN3O4/c1-3-4-17(24)22-14-7-5-13(6-8-14)19(26)23-21-11-12-9-15(20)18(25)16(10-12)27-2/h5-11,25H,3-4H2,1-2H3,(H,22,24)(H,23,26)/b21-11+. The molecule has 2 amide bonds. The first-order chi connectivity index (χ1) is 12.9. The summed E-state index contributed by atoms with van der Waals surface area (Å²) in [4.78, 5) is 23.7. The Hall–Kier alpha value is -2.87. The van der Waals surface area contributed by atoms with Crippen LogP contribution >= 0.6 is 15.9 Å². The summed E-state index contributed by atoms with van der Waals surface area (Å²) in [5, 5.41) is 16.4. The Morgan fingerprint density at radius 3 is 2.59 bits per heavy atom. The second-order valence-corrected chi connectivity index (χ2v) is 6.48. The third kappa shape index (κ3) is 5.82. The average Bonchev–Trinajstić information content (AvgIpc) is 2.65. The van der Waals surface area contributed by atoms with Crippen molar-refractivity contribution < 1.29 is 19.4 Å². The first-order valence-corrected chi connectivity index (χ1v) is 9.03. The summed E-state index contributed by atoms with van der Waals surface area (Å²) in [5.74, 6) is -0.167. The third-order valence-electron chi connectivity index (χ3n) is 3.56. The average molecular weight is 434 g/mol. The summed E-state index contributed by atoms with van der Waals surface area (Å²) in [6, 6.07) is 9.76. The van der Waals surface area contributed by atoms with E-state index in [1.54, 1.807) is 36.4 Å². The number of hydrogen-bond donors (Lipinski definition) is 3. The monoisotopic (exact) mass is 433 g/mol. The summed E-state index contributed by atoms with van der Waals surface area (Å²) in [6.45, 7) is 1.93. The number of benzene rings is 2. The van der Waals surface area contributed by atoms with Crippen LogP contribution in [0.25, 0.3) is 0 Å². The predicted molar refractivity (Wildman–Crippen MR) is 107 cm³/mol. The molecule has 0 saturated carbocycles. The van der Waals surface area contributed by atoms with Crippen molar-refractivity contribution in [3.05, 3.63) is 52.0 Å². The lowest BCUT2D eigenvalue weighted by Gasteiger charge is -2.06. The number of aromatic hydroxyl groups is 1. The SMILES string of the molecule is CCCC(=O)Nc1ccc(C(=O)N/N=C/c2cc(Br)c(O)c(OC)c2)cc1. The van der Waals surface area contributed by atoms with Crippen molar-refractivity contribution in [2.24, 2.45) is 5.10 Å². The van der Waals surface area contributed by atoms with E-state index >= 15 is 0 Å². The number of methoxy groups -OCH3 is 1. The molecule has 8 heteroatoms. The van der Waals surface area contributed by atoms with Crippen LogP contribution in [0.15, 0.2) is 46.0 Å². The lowest BCUT2D eigenvalue weighted by Crippen LogP contribution is -2.17. The maximum absolute atomic E-state index is 12.1. The van der Waals surface area contributed by atoms with Crippen molar-refractivity contribution in [1.29, 1.82) is 0 Å². The fourth-order valence-corrected chi connectivity index (χ4v) is 2.67. The number of ether oxygens (including phenoxy) is 1. The number of carbonyl (C=O) groups excluding carboxylic acids is 2. The smallest absolute Gasteiger partial charge is 0.271 e. The number of phenols is 1. The van der Waals surface area contributed by atoms with E-state index < -0.39 is 0 Å². The fraction of sp³-hybridized carbons (Fsp3) is 0.211. The van der Waals surface area contributed by atoms with Crippen molar-refractivity contribution in [2.75, 3.05) is 12.4 Å². The zero-order valence-electron chi connectivity index (χ0n) is 15.0. The van der Waals surface area contributed by atoms with Gasteiger partial charge in [-0.25, -0.2) is 5.43 Å². The topological polar surface area (TPSA) is 100 Å². The highest BCUT2D eigenvalue weighted by atomic mass is 79.9. The van der Waals surface area contributed by atoms with Gasteiger partial charge in [-0.3, -0.25) is 9.59 Å². The Bertz CT molecular complexity index is 851. The van der Waals surface area contributed by atoms with Crippen molar-refractivity contribution in [3.8, 4) is 11.5 Å². The lowest BCUT2D eigenvalue weighted by molar-refractivity contribution is -0.116. The summed E-state index contributed by atoms with van der Waals surface area (Å²) >= 11 is 3.22. The van der Waals surface area contributed by atoms with Crippen LogP contribution in [0.4, 0.5) is 5.69 Å². The molecule has 0 unspecified atom stereocenters. The number of carbonyl (C=O) groups is 2. The van der Waals surface area contributed by atoms with Gasteiger partial charge in [0.1, 0.15) is 0 Å². The number of hydrazone groups is 1. The molecule has 0 aliphatic rings. The highest BCUT2D eigenvalue weighted by Gasteiger charge is 2.08. The molecule has 0 aliphatic carbocycles. The Balaban J connectivity index is 1.98. The molecule has 0 atom stereocenters. The first-order valence-electron chi connectivity index (χ1n) is 8.24. The summed E-state index contributed by atoms with van der Waals surface area (Å²) in [5.41, 5.74) is 4.10. The normalized spacial score (nSPS) is 10.6. The van der Waals surface area contributed by atoms with Crippen LogP contribution < -0.4 is 15.5 Å². The number of anilines is 1. The van der Waals surface area contributed by atoms with Crippen LogP contribution in [0, 0.1) is 0 Å². The molecule has 27 heavy (non-hydrogen) atoms. The number of phenolic OH excluding ortho intramolecular Hbond substituents is 1. The van der Waals surface area contributed by atoms with Gasteiger partial charge in [0.05, 0.1) is 17.8 Å². The molecule has 0 fully saturated rings. The van der Waals surface area contributed by atoms with Crippen LogP contribution in [0.2, 0.25) is 0 Å². The minimum absolute atomic E-state index is 0.00944. The maximum Gasteiger partial charge on any atom is 0.271 e. The third-order valence-corrected chi connectivity index (χ3v) is 4.16. The van der Waals surface area contributed by atoms with Gasteiger partial charge in [0, 0.05) is 17.7 Å². The lowest BCUT2D eigenvalue weighted by atomic mass is 10.2. The highest BCUT2D eigenvalue weighted by molar-refractivity contribution is 9.10. The maximum atomic E-state index is 12.1. The first kappa shape index (κ1) is 20.4. The Kier molecular flexibility index (Phi) is 7.36. The minimum atomic E-state index is -0.387. The quantitative estimate of drug-likeness (QED) is 0.457. The van der Waals surface area contributed by atoms with Gasteiger partial charge < -0.3 is 15.2 Å². The van der Waals surface area contributed by atoms with Gasteiger partial charge in [-0.1, -0.05) is 6.92 Å². The van der Waals surface area contributed by atoms with E-state index in [0.29, 0.717) is 27.7 Å². The van der Waals surface area contributed by atoms with Crippen molar-refractivity contribution in [1.82, 2.24) is 5.43 Å². The number of hydrogen-bond acceptors (Lipinski definition) is 5. The molecule has 0 aliphatic heterocycles. The van der Waals surface area contributed by atoms with E-state index in [1.807, 2.05) is 6.92 Å². The second kappa shape index (κ2) is 9.72. The van der Waals surface area contributed by atoms with Crippen LogP contribution in [-0.2, 0) is 4.79 Å². The van der Waals surface area contributed by atoms with Gasteiger partial charge in [-0.15, -0.1) is 0 Å². The van der Waals surface area contributed by atoms with Crippen molar-refractivity contribution >= 4 is 39.6 Å². The van der Waals surface area contributed by atoms with Gasteiger partial charge in [0.15, 0.2) is 11.5 Å². The van der Waals surface area contributed by atoms with Crippen LogP contribution in [-0.4, -0.2) is 30.2 Å². The van der Waals surface area contributed by atoms with Gasteiger partial charge in [-0.2, -0.15) is 5.10 Å². The number of amides is 2. The molecular formula is C19H20BrN3O4. The molecule has 2 rings (SSSR count). The van der Waals surface area contributed by atoms with E-state index in [1.165, 1.54) is 13.3 Å². The number of nitrogens with one attached hydrogen (secondary N) is 2. The van der Waals surface area contributed by atoms with Gasteiger partial charge in [-0.05, 0) is 64.3 Å². The molecule has 0 bridgehead atoms. The molecule has 3 N–H and O–H groups in total. The van der Waals surface area contributed by atoms with Crippen LogP contribution in [0.3, 0.4) is 0 Å². The predicted octanol–water partition coefficient (Wildman–Crippen LogP) is 3.67. The molecule has 142 valence electrons. The van der Waals surface area contributed by atoms with Gasteiger partial charge in [0.2, 0.25) is 5.91 Å². The van der Waals surface area contributed by atoms with Crippen LogP contribution in [0.5, 0.6) is 11.5 Å². The molecule has 2 aromatic rings. The summed E-state index contributed by atoms with van der Waals surface area (Å²) in [7, 11) is 1.44. The van der Waals surface area contributed by atoms with E-state index in [9.17, 15) is 14.7 Å². The molecular weight excluding hydrogens is 414 g/mol. The Morgan fingerprint density at radius 2 is 1.96 bits per heavy atom. The Morgan fingerprint density at radius 1 is 1.26 bits per heavy atom. The van der Waals surface area contributed by atoms with E-state index in [0.717, 1.165) is 6.42 Å². The van der Waals surface area contributed by atoms with Gasteiger partial charge in [0.25, 0.3) is 5.91 Å². The molecule has 0 heterocycles. The van der Waals surface area contributed by atoms with Crippen molar-refractivity contribution in [3.63, 3.8) is 0 Å². The number of rotatable bonds is 7. The number of nitrogens with zero attached hydrogens (tertiary/aromatic N) is 1. The van der Waals surface area contributed by atoms with E-state index in [4.69, 9.17) is 4.74 Å². The summed E-state index contributed by atoms with van der Waals surface area (Å²) in [6.07, 6.45) is 2.66. The molecule has 7 nitrogen and oxygen atoms in total. The number of halogens is 1. The van der Waals surface area contributed by atoms with Gasteiger partial charge >= 0.3 is 0 Å². The molecule has 2 aromatic carbocycles. The summed E-state index contributed by atoms with van der Waals surface area (Å²) < 4.78 is 5.51. The Labute approximate surface area is 165 Å². The molecule has 0 aromatic heterocycles. The zero-order chi connectivity index (χ0) is 19.8. The molecule has 0 radical (unpaired) electrons. The minimum Gasteiger partial charge on any atom is -0.503 e. The fourth-order valence-electron chi connectivity index (χ4n) is 2.21. The van der Waals surface area contributed by atoms with E-state index in [2.05, 4.69) is 31.8 Å². The molecule has 0 spiro atoms. The highest BCUT2D eigenvalue weighted by Crippen LogP contribution is 2.34.